The first-order valence-electron chi connectivity index (χ1n) is 8.29. The van der Waals surface area contributed by atoms with Crippen LogP contribution in [0.2, 0.25) is 20.1 Å². The van der Waals surface area contributed by atoms with Gasteiger partial charge in [-0.2, -0.15) is 8.42 Å². The largest absolute Gasteiger partial charge is 1.00 e. The van der Waals surface area contributed by atoms with Crippen LogP contribution in [0.15, 0.2) is 44.4 Å². The summed E-state index contributed by atoms with van der Waals surface area (Å²) in [5, 5.41) is 38.6. The normalized spacial score (nSPS) is 12.4. The molecule has 9 nitrogen and oxygen atoms in total. The van der Waals surface area contributed by atoms with Crippen LogP contribution in [-0.2, 0) is 10.1 Å². The molecular weight excluding hydrogens is 551 g/mol. The molecule has 168 valence electrons. The fourth-order valence-corrected chi connectivity index (χ4v) is 4.30. The number of azo groups is 1. The molecule has 3 N–H and O–H groups in total. The fourth-order valence-electron chi connectivity index (χ4n) is 2.74. The van der Waals surface area contributed by atoms with Crippen molar-refractivity contribution in [3.8, 4) is 11.5 Å². The first kappa shape index (κ1) is 27.9. The molecule has 0 aliphatic heterocycles. The molecule has 33 heavy (non-hydrogen) atoms. The van der Waals surface area contributed by atoms with E-state index < -0.39 is 32.4 Å². The third kappa shape index (κ3) is 5.50. The van der Waals surface area contributed by atoms with E-state index in [1.165, 1.54) is 12.1 Å². The molecule has 0 amide bonds. The quantitative estimate of drug-likeness (QED) is 0.0847. The van der Waals surface area contributed by atoms with Crippen LogP contribution >= 0.6 is 46.4 Å². The van der Waals surface area contributed by atoms with E-state index in [0.29, 0.717) is 0 Å². The predicted octanol–water partition coefficient (Wildman–Crippen LogP) is 2.94. The summed E-state index contributed by atoms with van der Waals surface area (Å²) in [5.74, 6) is -1.85. The Balaban J connectivity index is 0.00000385. The van der Waals surface area contributed by atoms with Crippen molar-refractivity contribution in [2.75, 3.05) is 0 Å². The molecule has 0 aliphatic rings. The zero-order chi connectivity index (χ0) is 24.0. The Kier molecular flexibility index (Phi) is 8.89. The van der Waals surface area contributed by atoms with Crippen molar-refractivity contribution in [3.63, 3.8) is 0 Å². The molecule has 0 saturated carbocycles. The van der Waals surface area contributed by atoms with Gasteiger partial charge in [0.2, 0.25) is 0 Å². The first-order valence-corrected chi connectivity index (χ1v) is 11.2. The van der Waals surface area contributed by atoms with E-state index in [0.717, 1.165) is 19.1 Å². The summed E-state index contributed by atoms with van der Waals surface area (Å²) < 4.78 is 32.9. The number of nitrogens with zero attached hydrogens (tertiary/aromatic N) is 3. The number of benzene rings is 3. The number of fused-ring (bicyclic) bond motifs is 1. The Labute approximate surface area is 229 Å². The van der Waals surface area contributed by atoms with Gasteiger partial charge in [0.25, 0.3) is 10.1 Å². The van der Waals surface area contributed by atoms with Crippen LogP contribution in [0.25, 0.3) is 10.8 Å². The average molecular weight is 561 g/mol. The smallest absolute Gasteiger partial charge is 0.862 e. The molecule has 3 rings (SSSR count). The summed E-state index contributed by atoms with van der Waals surface area (Å²) in [5.41, 5.74) is -0.638. The van der Waals surface area contributed by atoms with Crippen LogP contribution in [0.4, 0.5) is 17.1 Å². The van der Waals surface area contributed by atoms with Crippen LogP contribution in [0.5, 0.6) is 11.5 Å². The second-order valence-electron chi connectivity index (χ2n) is 6.20. The molecule has 0 spiro atoms. The SMILES string of the molecule is CC([O-])=Nc1ccc(S(=O)(=O)O)c2ccc(N=Nc3c(O)c(Cl)c(Cl)c(Cl)c3Cl)c(O)c12.[Na+]. The zero-order valence-electron chi connectivity index (χ0n) is 16.6. The molecule has 0 aliphatic carbocycles. The number of rotatable bonds is 4. The second-order valence-corrected chi connectivity index (χ2v) is 9.10. The maximum absolute atomic E-state index is 11.7. The summed E-state index contributed by atoms with van der Waals surface area (Å²) in [4.78, 5) is 3.21. The fraction of sp³-hybridized carbons (Fsp3) is 0.0556. The summed E-state index contributed by atoms with van der Waals surface area (Å²) >= 11 is 23.7. The molecule has 0 unspecified atom stereocenters. The van der Waals surface area contributed by atoms with Crippen molar-refractivity contribution in [2.45, 2.75) is 11.8 Å². The van der Waals surface area contributed by atoms with E-state index in [4.69, 9.17) is 46.4 Å². The monoisotopic (exact) mass is 559 g/mol. The third-order valence-electron chi connectivity index (χ3n) is 4.10. The minimum Gasteiger partial charge on any atom is -0.862 e. The summed E-state index contributed by atoms with van der Waals surface area (Å²) in [6, 6.07) is 4.57. The Morgan fingerprint density at radius 1 is 0.879 bits per heavy atom. The summed E-state index contributed by atoms with van der Waals surface area (Å²) in [6.07, 6.45) is 0. The van der Waals surface area contributed by atoms with Crippen molar-refractivity contribution < 1.29 is 57.8 Å². The van der Waals surface area contributed by atoms with E-state index in [2.05, 4.69) is 15.2 Å². The number of phenolic OH excluding ortho intramolecular Hbond substituents is 2. The van der Waals surface area contributed by atoms with Gasteiger partial charge in [-0.05, 0) is 31.0 Å². The minimum absolute atomic E-state index is 0. The molecule has 0 heterocycles. The zero-order valence-corrected chi connectivity index (χ0v) is 22.5. The van der Waals surface area contributed by atoms with Gasteiger partial charge in [-0.1, -0.05) is 52.5 Å². The van der Waals surface area contributed by atoms with Crippen molar-refractivity contribution >= 4 is 90.3 Å². The van der Waals surface area contributed by atoms with Crippen LogP contribution in [-0.4, -0.2) is 29.1 Å². The van der Waals surface area contributed by atoms with Gasteiger partial charge in [0.15, 0.2) is 11.5 Å². The number of phenols is 2. The Bertz CT molecular complexity index is 1410. The summed E-state index contributed by atoms with van der Waals surface area (Å²) in [7, 11) is -4.67. The van der Waals surface area contributed by atoms with Crippen molar-refractivity contribution in [3.05, 3.63) is 44.4 Å². The molecule has 3 aromatic carbocycles. The van der Waals surface area contributed by atoms with Crippen molar-refractivity contribution in [1.82, 2.24) is 0 Å². The molecule has 0 saturated heterocycles. The molecule has 0 aromatic heterocycles. The molecular formula is C18H10Cl4N3NaO6S. The van der Waals surface area contributed by atoms with Gasteiger partial charge >= 0.3 is 29.6 Å². The second kappa shape index (κ2) is 10.5. The standard InChI is InChI=1S/C18H11Cl4N3O6S.Na/c1-6(26)23-8-4-5-10(32(29,30)31)7-2-3-9(17(27)11(7)8)24-25-16-14(21)12(19)13(20)15(22)18(16)28;/h2-5,27-28H,1H3,(H,23,26)(H,29,30,31);/q;+1/p-1. The number of hydrogen-bond acceptors (Lipinski definition) is 8. The van der Waals surface area contributed by atoms with E-state index in [1.807, 2.05) is 0 Å². The van der Waals surface area contributed by atoms with Gasteiger partial charge < -0.3 is 15.3 Å². The van der Waals surface area contributed by atoms with E-state index in [9.17, 15) is 28.3 Å². The van der Waals surface area contributed by atoms with Gasteiger partial charge in [0.1, 0.15) is 21.3 Å². The number of hydrogen-bond donors (Lipinski definition) is 3. The van der Waals surface area contributed by atoms with Crippen LogP contribution < -0.4 is 34.7 Å². The third-order valence-corrected chi connectivity index (χ3v) is 6.80. The van der Waals surface area contributed by atoms with Crippen LogP contribution in [0.3, 0.4) is 0 Å². The molecule has 0 bridgehead atoms. The van der Waals surface area contributed by atoms with Gasteiger partial charge in [-0.25, -0.2) is 0 Å². The van der Waals surface area contributed by atoms with E-state index in [-0.39, 0.29) is 77.5 Å². The van der Waals surface area contributed by atoms with Gasteiger partial charge in [-0.15, -0.1) is 10.2 Å². The van der Waals surface area contributed by atoms with Crippen molar-refractivity contribution in [1.29, 1.82) is 0 Å². The number of halogens is 4. The van der Waals surface area contributed by atoms with Gasteiger partial charge in [0, 0.05) is 5.39 Å². The Morgan fingerprint density at radius 3 is 2.03 bits per heavy atom. The van der Waals surface area contributed by atoms with Crippen molar-refractivity contribution in [2.24, 2.45) is 15.2 Å². The van der Waals surface area contributed by atoms with E-state index >= 15 is 0 Å². The molecule has 15 heteroatoms. The predicted molar refractivity (Wildman–Crippen MR) is 121 cm³/mol. The van der Waals surface area contributed by atoms with E-state index in [1.54, 1.807) is 0 Å². The maximum atomic E-state index is 11.7. The molecule has 0 fully saturated rings. The summed E-state index contributed by atoms with van der Waals surface area (Å²) in [6.45, 7) is 1.15. The Morgan fingerprint density at radius 2 is 1.45 bits per heavy atom. The van der Waals surface area contributed by atoms with Crippen LogP contribution in [0.1, 0.15) is 6.92 Å². The number of aliphatic imine (C=N–C) groups is 1. The Hall–Kier alpha value is -1.34. The van der Waals surface area contributed by atoms with Gasteiger partial charge in [0.05, 0.1) is 26.1 Å². The first-order chi connectivity index (χ1) is 14.8. The maximum Gasteiger partial charge on any atom is 1.00 e. The van der Waals surface area contributed by atoms with Gasteiger partial charge in [-0.3, -0.25) is 9.55 Å². The molecule has 0 atom stereocenters. The number of aromatic hydroxyl groups is 2. The van der Waals surface area contributed by atoms with Crippen LogP contribution in [0, 0.1) is 0 Å². The topological polar surface area (TPSA) is 155 Å². The average Bonchev–Trinajstić information content (AvgIpc) is 2.71. The molecule has 0 radical (unpaired) electrons. The minimum atomic E-state index is -4.67. The molecule has 3 aromatic rings.